The van der Waals surface area contributed by atoms with Crippen LogP contribution >= 0.6 is 12.2 Å². The first-order chi connectivity index (χ1) is 15.8. The van der Waals surface area contributed by atoms with Crippen molar-refractivity contribution in [3.05, 3.63) is 82.9 Å². The molecule has 0 saturated carbocycles. The third-order valence-electron chi connectivity index (χ3n) is 5.32. The summed E-state index contributed by atoms with van der Waals surface area (Å²) in [6, 6.07) is 11.6. The van der Waals surface area contributed by atoms with Crippen molar-refractivity contribution in [3.63, 3.8) is 0 Å². The first kappa shape index (κ1) is 22.1. The molecule has 2 aliphatic heterocycles. The summed E-state index contributed by atoms with van der Waals surface area (Å²) in [6.45, 7) is 3.73. The lowest BCUT2D eigenvalue weighted by Crippen LogP contribution is -2.53. The number of nitrogens with zero attached hydrogens (tertiary/aromatic N) is 2. The fourth-order valence-corrected chi connectivity index (χ4v) is 3.97. The van der Waals surface area contributed by atoms with Gasteiger partial charge in [0.15, 0.2) is 5.11 Å². The number of carbonyl (C=O) groups excluding carboxylic acids is 4. The van der Waals surface area contributed by atoms with Gasteiger partial charge in [0, 0.05) is 12.1 Å². The number of methoxy groups -OCH3 is 1. The molecule has 1 N–H and O–H groups in total. The number of ether oxygens (including phenoxy) is 1. The molecular weight excluding hydrogens is 442 g/mol. The third-order valence-corrected chi connectivity index (χ3v) is 5.64. The Morgan fingerprint density at radius 2 is 1.67 bits per heavy atom. The summed E-state index contributed by atoms with van der Waals surface area (Å²) in [5, 5.41) is 2.51. The van der Waals surface area contributed by atoms with Crippen molar-refractivity contribution in [1.29, 1.82) is 0 Å². The second-order valence-corrected chi connectivity index (χ2v) is 7.72. The van der Waals surface area contributed by atoms with Gasteiger partial charge in [-0.3, -0.25) is 34.3 Å². The maximum absolute atomic E-state index is 12.8. The molecule has 9 heteroatoms. The van der Waals surface area contributed by atoms with E-state index in [1.54, 1.807) is 42.5 Å². The Kier molecular flexibility index (Phi) is 5.89. The number of rotatable bonds is 6. The van der Waals surface area contributed by atoms with Crippen LogP contribution in [0, 0.1) is 0 Å². The monoisotopic (exact) mass is 461 g/mol. The van der Waals surface area contributed by atoms with E-state index in [0.29, 0.717) is 28.0 Å². The van der Waals surface area contributed by atoms with Crippen molar-refractivity contribution in [1.82, 2.24) is 15.1 Å². The second kappa shape index (κ2) is 8.79. The van der Waals surface area contributed by atoms with E-state index < -0.39 is 23.6 Å². The van der Waals surface area contributed by atoms with Crippen LogP contribution in [0.5, 0.6) is 5.75 Å². The van der Waals surface area contributed by atoms with Gasteiger partial charge in [-0.2, -0.15) is 0 Å². The van der Waals surface area contributed by atoms with Crippen molar-refractivity contribution in [3.8, 4) is 5.75 Å². The summed E-state index contributed by atoms with van der Waals surface area (Å²) in [4.78, 5) is 53.1. The molecular formula is C24H19N3O5S. The molecule has 0 radical (unpaired) electrons. The van der Waals surface area contributed by atoms with Gasteiger partial charge in [-0.15, -0.1) is 6.58 Å². The number of hydrogen-bond acceptors (Lipinski definition) is 6. The van der Waals surface area contributed by atoms with Crippen LogP contribution in [0.3, 0.4) is 0 Å². The van der Waals surface area contributed by atoms with Crippen molar-refractivity contribution >= 4 is 47.0 Å². The fourth-order valence-electron chi connectivity index (χ4n) is 3.72. The first-order valence-corrected chi connectivity index (χ1v) is 10.4. The van der Waals surface area contributed by atoms with Crippen molar-refractivity contribution in [2.45, 2.75) is 6.54 Å². The smallest absolute Gasteiger partial charge is 0.265 e. The maximum atomic E-state index is 12.8. The van der Waals surface area contributed by atoms with Gasteiger partial charge < -0.3 is 4.74 Å². The van der Waals surface area contributed by atoms with Gasteiger partial charge >= 0.3 is 0 Å². The van der Waals surface area contributed by atoms with Crippen molar-refractivity contribution < 1.29 is 23.9 Å². The van der Waals surface area contributed by atoms with Gasteiger partial charge in [0.25, 0.3) is 23.6 Å². The number of hydrogen-bond donors (Lipinski definition) is 1. The van der Waals surface area contributed by atoms with E-state index in [9.17, 15) is 19.2 Å². The lowest BCUT2D eigenvalue weighted by atomic mass is 10.0. The molecule has 166 valence electrons. The summed E-state index contributed by atoms with van der Waals surface area (Å²) < 4.78 is 5.40. The van der Waals surface area contributed by atoms with E-state index in [1.807, 2.05) is 0 Å². The lowest BCUT2D eigenvalue weighted by molar-refractivity contribution is -0.128. The average molecular weight is 461 g/mol. The number of carbonyl (C=O) groups is 4. The minimum atomic E-state index is -0.608. The van der Waals surface area contributed by atoms with Crippen LogP contribution in [0.25, 0.3) is 6.08 Å². The molecule has 2 aromatic rings. The zero-order valence-electron chi connectivity index (χ0n) is 17.7. The molecule has 1 saturated heterocycles. The highest BCUT2D eigenvalue weighted by molar-refractivity contribution is 7.80. The van der Waals surface area contributed by atoms with Gasteiger partial charge in [-0.25, -0.2) is 0 Å². The number of benzene rings is 2. The molecule has 0 unspecified atom stereocenters. The van der Waals surface area contributed by atoms with Crippen molar-refractivity contribution in [2.24, 2.45) is 0 Å². The van der Waals surface area contributed by atoms with Crippen LogP contribution in [0.15, 0.2) is 60.7 Å². The van der Waals surface area contributed by atoms with Gasteiger partial charge in [0.05, 0.1) is 24.8 Å². The van der Waals surface area contributed by atoms with E-state index in [4.69, 9.17) is 17.0 Å². The zero-order valence-corrected chi connectivity index (χ0v) is 18.5. The molecule has 4 rings (SSSR count). The standard InChI is InChI=1S/C24H19N3O5S/c1-3-10-26-23(31)18(20(28)25-24(26)33)12-14-8-9-19(32-2)15(11-14)13-27-21(29)16-6-4-5-7-17(16)22(27)30/h3-9,11-12H,1,10,13H2,2H3,(H,25,28,33)/b18-12-. The van der Waals surface area contributed by atoms with Gasteiger partial charge in [-0.05, 0) is 48.1 Å². The Morgan fingerprint density at radius 1 is 1.00 bits per heavy atom. The van der Waals surface area contributed by atoms with Gasteiger partial charge in [-0.1, -0.05) is 24.3 Å². The number of thiocarbonyl (C=S) groups is 1. The highest BCUT2D eigenvalue weighted by Crippen LogP contribution is 2.29. The Morgan fingerprint density at radius 3 is 2.27 bits per heavy atom. The molecule has 8 nitrogen and oxygen atoms in total. The lowest BCUT2D eigenvalue weighted by Gasteiger charge is -2.27. The number of fused-ring (bicyclic) bond motifs is 1. The Hall–Kier alpha value is -4.11. The molecule has 0 bridgehead atoms. The summed E-state index contributed by atoms with van der Waals surface area (Å²) in [5.74, 6) is -1.47. The number of nitrogens with one attached hydrogen (secondary N) is 1. The maximum Gasteiger partial charge on any atom is 0.265 e. The minimum Gasteiger partial charge on any atom is -0.496 e. The molecule has 0 aromatic heterocycles. The Labute approximate surface area is 195 Å². The minimum absolute atomic E-state index is 0.0168. The van der Waals surface area contributed by atoms with Crippen LogP contribution in [-0.4, -0.2) is 52.2 Å². The average Bonchev–Trinajstić information content (AvgIpc) is 3.04. The summed E-state index contributed by atoms with van der Waals surface area (Å²) in [7, 11) is 1.48. The largest absolute Gasteiger partial charge is 0.496 e. The highest BCUT2D eigenvalue weighted by atomic mass is 32.1. The predicted octanol–water partition coefficient (Wildman–Crippen LogP) is 2.30. The second-order valence-electron chi connectivity index (χ2n) is 7.34. The normalized spacial score (nSPS) is 16.9. The van der Waals surface area contributed by atoms with Gasteiger partial charge in [0.1, 0.15) is 11.3 Å². The molecule has 0 atom stereocenters. The van der Waals surface area contributed by atoms with Crippen LogP contribution < -0.4 is 10.1 Å². The number of imide groups is 1. The van der Waals surface area contributed by atoms with E-state index in [2.05, 4.69) is 11.9 Å². The molecule has 0 spiro atoms. The zero-order chi connectivity index (χ0) is 23.7. The first-order valence-electron chi connectivity index (χ1n) is 9.97. The predicted molar refractivity (Wildman–Crippen MR) is 124 cm³/mol. The molecule has 2 aliphatic rings. The van der Waals surface area contributed by atoms with E-state index in [-0.39, 0.29) is 23.8 Å². The molecule has 1 fully saturated rings. The molecule has 2 aromatic carbocycles. The molecule has 2 heterocycles. The Bertz CT molecular complexity index is 1230. The van der Waals surface area contributed by atoms with E-state index >= 15 is 0 Å². The third kappa shape index (κ3) is 3.94. The quantitative estimate of drug-likeness (QED) is 0.233. The SMILES string of the molecule is C=CCN1C(=O)/C(=C\c2ccc(OC)c(CN3C(=O)c4ccccc4C3=O)c2)C(=O)NC1=S. The highest BCUT2D eigenvalue weighted by Gasteiger charge is 2.36. The van der Waals surface area contributed by atoms with Crippen LogP contribution in [0.2, 0.25) is 0 Å². The molecule has 0 aliphatic carbocycles. The summed E-state index contributed by atoms with van der Waals surface area (Å²) >= 11 is 5.06. The van der Waals surface area contributed by atoms with Crippen molar-refractivity contribution in [2.75, 3.05) is 13.7 Å². The number of amides is 4. The molecule has 33 heavy (non-hydrogen) atoms. The Balaban J connectivity index is 1.67. The molecule has 4 amide bonds. The van der Waals surface area contributed by atoms with Crippen LogP contribution in [0.1, 0.15) is 31.8 Å². The summed E-state index contributed by atoms with van der Waals surface area (Å²) in [6.07, 6.45) is 2.94. The summed E-state index contributed by atoms with van der Waals surface area (Å²) in [5.41, 5.74) is 1.67. The van der Waals surface area contributed by atoms with Crippen LogP contribution in [0.4, 0.5) is 0 Å². The van der Waals surface area contributed by atoms with Gasteiger partial charge in [0.2, 0.25) is 0 Å². The fraction of sp³-hybridized carbons (Fsp3) is 0.125. The van der Waals surface area contributed by atoms with E-state index in [0.717, 1.165) is 4.90 Å². The van der Waals surface area contributed by atoms with E-state index in [1.165, 1.54) is 24.2 Å². The topological polar surface area (TPSA) is 96.0 Å². The van der Waals surface area contributed by atoms with Crippen LogP contribution in [-0.2, 0) is 16.1 Å².